The highest BCUT2D eigenvalue weighted by molar-refractivity contribution is 9.11. The fourth-order valence-electron chi connectivity index (χ4n) is 6.57. The zero-order valence-corrected chi connectivity index (χ0v) is 18.6. The Hall–Kier alpha value is -1.35. The molecule has 0 amide bonds. The van der Waals surface area contributed by atoms with Crippen molar-refractivity contribution in [1.82, 2.24) is 0 Å². The molecule has 3 fully saturated rings. The number of benzene rings is 1. The van der Waals surface area contributed by atoms with Crippen LogP contribution < -0.4 is 0 Å². The van der Waals surface area contributed by atoms with Gasteiger partial charge in [-0.05, 0) is 72.2 Å². The van der Waals surface area contributed by atoms with Gasteiger partial charge in [-0.25, -0.2) is 4.79 Å². The topological polar surface area (TPSA) is 26.3 Å². The zero-order valence-electron chi connectivity index (χ0n) is 17.0. The normalized spacial score (nSPS) is 37.8. The molecule has 2 aliphatic carbocycles. The molecule has 1 aromatic rings. The van der Waals surface area contributed by atoms with Crippen molar-refractivity contribution < 1.29 is 9.53 Å². The summed E-state index contributed by atoms with van der Waals surface area (Å²) in [6.07, 6.45) is 7.25. The minimum Gasteiger partial charge on any atom is -0.458 e. The van der Waals surface area contributed by atoms with E-state index in [4.69, 9.17) is 4.74 Å². The van der Waals surface area contributed by atoms with Crippen LogP contribution in [0, 0.1) is 23.2 Å². The number of halogens is 1. The average Bonchev–Trinajstić information content (AvgIpc) is 3.18. The van der Waals surface area contributed by atoms with Gasteiger partial charge in [-0.3, -0.25) is 0 Å². The van der Waals surface area contributed by atoms with Crippen LogP contribution >= 0.6 is 15.9 Å². The van der Waals surface area contributed by atoms with Crippen LogP contribution in [0.5, 0.6) is 0 Å². The van der Waals surface area contributed by atoms with Crippen molar-refractivity contribution in [2.24, 2.45) is 23.2 Å². The Bertz CT molecular complexity index is 783. The number of hydrogen-bond acceptors (Lipinski definition) is 2. The van der Waals surface area contributed by atoms with Gasteiger partial charge >= 0.3 is 5.97 Å². The maximum atomic E-state index is 12.3. The lowest BCUT2D eigenvalue weighted by atomic mass is 9.61. The number of cyclic esters (lactones) is 1. The first-order valence-electron chi connectivity index (χ1n) is 10.7. The standard InChI is InChI=1S/C25H31BrO2/c1-16(20-11-12-21-19(15-26)10-7-13-25(20,21)3)14-22-23(17(2)24(27)28-22)18-8-5-4-6-9-18/h4-6,8-9,15-16,20-23H,2,7,10-14H2,1,3H3/b19-15+/t16-,20-,21+,22-,23-,25-/m1/s1. The minimum absolute atomic E-state index is 0.00879. The lowest BCUT2D eigenvalue weighted by Gasteiger charge is -2.44. The highest BCUT2D eigenvalue weighted by atomic mass is 79.9. The summed E-state index contributed by atoms with van der Waals surface area (Å²) in [5, 5.41) is 0. The zero-order chi connectivity index (χ0) is 19.9. The summed E-state index contributed by atoms with van der Waals surface area (Å²) in [6.45, 7) is 8.95. The molecule has 3 aliphatic rings. The van der Waals surface area contributed by atoms with Crippen LogP contribution in [-0.2, 0) is 9.53 Å². The molecule has 0 spiro atoms. The van der Waals surface area contributed by atoms with Crippen molar-refractivity contribution in [3.63, 3.8) is 0 Å². The van der Waals surface area contributed by atoms with Crippen molar-refractivity contribution in [2.45, 2.75) is 64.4 Å². The van der Waals surface area contributed by atoms with Crippen molar-refractivity contribution >= 4 is 21.9 Å². The van der Waals surface area contributed by atoms with Gasteiger partial charge in [-0.1, -0.05) is 72.3 Å². The number of esters is 1. The van der Waals surface area contributed by atoms with E-state index < -0.39 is 0 Å². The summed E-state index contributed by atoms with van der Waals surface area (Å²) in [6, 6.07) is 10.3. The number of carbonyl (C=O) groups is 1. The Labute approximate surface area is 177 Å². The second-order valence-electron chi connectivity index (χ2n) is 9.35. The highest BCUT2D eigenvalue weighted by Crippen LogP contribution is 2.60. The first kappa shape index (κ1) is 19.9. The van der Waals surface area contributed by atoms with E-state index in [0.717, 1.165) is 12.0 Å². The SMILES string of the molecule is C=C1C(=O)O[C@H](C[C@@H](C)[C@H]2CC[C@H]3/C(=C/Br)CCC[C@]23C)[C@H]1c1ccccc1. The number of hydrogen-bond donors (Lipinski definition) is 0. The van der Waals surface area contributed by atoms with Crippen LogP contribution in [-0.4, -0.2) is 12.1 Å². The number of fused-ring (bicyclic) bond motifs is 1. The Morgan fingerprint density at radius 3 is 2.79 bits per heavy atom. The van der Waals surface area contributed by atoms with Crippen molar-refractivity contribution in [3.05, 3.63) is 58.6 Å². The van der Waals surface area contributed by atoms with Gasteiger partial charge < -0.3 is 4.74 Å². The predicted molar refractivity (Wildman–Crippen MR) is 117 cm³/mol. The number of carbonyl (C=O) groups excluding carboxylic acids is 1. The van der Waals surface area contributed by atoms with E-state index in [1.807, 2.05) is 18.2 Å². The molecule has 2 nitrogen and oxygen atoms in total. The van der Waals surface area contributed by atoms with Gasteiger partial charge in [0.15, 0.2) is 0 Å². The third-order valence-corrected chi connectivity index (χ3v) is 8.48. The van der Waals surface area contributed by atoms with Crippen LogP contribution in [0.4, 0.5) is 0 Å². The molecule has 0 radical (unpaired) electrons. The van der Waals surface area contributed by atoms with Gasteiger partial charge in [0.25, 0.3) is 0 Å². The van der Waals surface area contributed by atoms with Crippen LogP contribution in [0.3, 0.4) is 0 Å². The van der Waals surface area contributed by atoms with Crippen LogP contribution in [0.25, 0.3) is 0 Å². The molecular formula is C25H31BrO2. The van der Waals surface area contributed by atoms with E-state index in [1.165, 1.54) is 32.1 Å². The molecule has 4 rings (SSSR count). The molecule has 0 N–H and O–H groups in total. The van der Waals surface area contributed by atoms with E-state index in [1.54, 1.807) is 5.57 Å². The molecule has 0 bridgehead atoms. The first-order chi connectivity index (χ1) is 13.5. The lowest BCUT2D eigenvalue weighted by molar-refractivity contribution is -0.139. The minimum atomic E-state index is -0.219. The molecule has 1 heterocycles. The molecule has 6 atom stereocenters. The number of ether oxygens (including phenoxy) is 1. The molecule has 28 heavy (non-hydrogen) atoms. The third-order valence-electron chi connectivity index (χ3n) is 7.90. The van der Waals surface area contributed by atoms with E-state index in [0.29, 0.717) is 28.7 Å². The quantitative estimate of drug-likeness (QED) is 0.379. The smallest absolute Gasteiger partial charge is 0.334 e. The van der Waals surface area contributed by atoms with Crippen LogP contribution in [0.1, 0.15) is 63.9 Å². The van der Waals surface area contributed by atoms with E-state index in [9.17, 15) is 4.79 Å². The lowest BCUT2D eigenvalue weighted by Crippen LogP contribution is -2.37. The Balaban J connectivity index is 1.54. The van der Waals surface area contributed by atoms with E-state index in [-0.39, 0.29) is 18.0 Å². The monoisotopic (exact) mass is 442 g/mol. The van der Waals surface area contributed by atoms with Gasteiger partial charge in [-0.15, -0.1) is 0 Å². The first-order valence-corrected chi connectivity index (χ1v) is 11.6. The summed E-state index contributed by atoms with van der Waals surface area (Å²) in [7, 11) is 0. The molecule has 150 valence electrons. The summed E-state index contributed by atoms with van der Waals surface area (Å²) >= 11 is 3.62. The van der Waals surface area contributed by atoms with Crippen molar-refractivity contribution in [1.29, 1.82) is 0 Å². The van der Waals surface area contributed by atoms with E-state index in [2.05, 4.69) is 53.5 Å². The summed E-state index contributed by atoms with van der Waals surface area (Å²) in [4.78, 5) is 14.5. The van der Waals surface area contributed by atoms with Gasteiger partial charge in [0.2, 0.25) is 0 Å². The van der Waals surface area contributed by atoms with Crippen LogP contribution in [0.2, 0.25) is 0 Å². The van der Waals surface area contributed by atoms with Gasteiger partial charge in [0.05, 0.1) is 5.92 Å². The molecule has 2 saturated carbocycles. The predicted octanol–water partition coefficient (Wildman–Crippen LogP) is 6.77. The van der Waals surface area contributed by atoms with Gasteiger partial charge in [0, 0.05) is 5.57 Å². The largest absolute Gasteiger partial charge is 0.458 e. The molecule has 1 aromatic carbocycles. The molecular weight excluding hydrogens is 412 g/mol. The van der Waals surface area contributed by atoms with E-state index >= 15 is 0 Å². The van der Waals surface area contributed by atoms with Crippen molar-refractivity contribution in [3.8, 4) is 0 Å². The fraction of sp³-hybridized carbons (Fsp3) is 0.560. The summed E-state index contributed by atoms with van der Waals surface area (Å²) in [5.74, 6) is 1.69. The molecule has 0 unspecified atom stereocenters. The van der Waals surface area contributed by atoms with Gasteiger partial charge in [-0.2, -0.15) is 0 Å². The number of rotatable bonds is 4. The second kappa shape index (κ2) is 7.82. The van der Waals surface area contributed by atoms with Crippen LogP contribution in [0.15, 0.2) is 53.0 Å². The highest BCUT2D eigenvalue weighted by Gasteiger charge is 2.51. The maximum Gasteiger partial charge on any atom is 0.334 e. The second-order valence-corrected chi connectivity index (χ2v) is 9.81. The molecule has 0 aromatic heterocycles. The fourth-order valence-corrected chi connectivity index (χ4v) is 7.12. The molecule has 1 saturated heterocycles. The third kappa shape index (κ3) is 3.30. The molecule has 3 heteroatoms. The number of allylic oxidation sites excluding steroid dienone is 1. The summed E-state index contributed by atoms with van der Waals surface area (Å²) < 4.78 is 5.82. The Morgan fingerprint density at radius 1 is 1.32 bits per heavy atom. The Morgan fingerprint density at radius 2 is 2.07 bits per heavy atom. The van der Waals surface area contributed by atoms with Crippen molar-refractivity contribution in [2.75, 3.05) is 0 Å². The maximum absolute atomic E-state index is 12.3. The van der Waals surface area contributed by atoms with Gasteiger partial charge in [0.1, 0.15) is 6.10 Å². The summed E-state index contributed by atoms with van der Waals surface area (Å²) in [5.41, 5.74) is 3.74. The average molecular weight is 443 g/mol. The molecule has 1 aliphatic heterocycles. The Kier molecular flexibility index (Phi) is 5.57.